The first-order chi connectivity index (χ1) is 13.6. The lowest BCUT2D eigenvalue weighted by Crippen LogP contribution is -2.17. The number of carbonyl (C=O) groups is 1. The Morgan fingerprint density at radius 3 is 2.32 bits per heavy atom. The molecular weight excluding hydrogens is 386 g/mol. The maximum absolute atomic E-state index is 12.7. The number of rotatable bonds is 7. The highest BCUT2D eigenvalue weighted by Gasteiger charge is 2.17. The maximum Gasteiger partial charge on any atom is 0.234 e. The molecule has 1 atom stereocenters. The molecule has 2 nitrogen and oxygen atoms in total. The van der Waals surface area contributed by atoms with Crippen LogP contribution in [0, 0.1) is 6.92 Å². The van der Waals surface area contributed by atoms with E-state index in [0.717, 1.165) is 28.8 Å². The van der Waals surface area contributed by atoms with E-state index >= 15 is 0 Å². The summed E-state index contributed by atoms with van der Waals surface area (Å²) in [5, 5.41) is 3.90. The third-order valence-corrected chi connectivity index (χ3v) is 6.22. The van der Waals surface area contributed by atoms with Crippen LogP contribution in [0.15, 0.2) is 72.8 Å². The Kier molecular flexibility index (Phi) is 7.18. The van der Waals surface area contributed by atoms with Crippen molar-refractivity contribution in [2.45, 2.75) is 25.5 Å². The molecule has 0 saturated carbocycles. The Bertz CT molecular complexity index is 925. The molecule has 3 aromatic carbocycles. The lowest BCUT2D eigenvalue weighted by molar-refractivity contribution is -0.113. The predicted octanol–water partition coefficient (Wildman–Crippen LogP) is 6.67. The molecule has 0 heterocycles. The molecule has 0 bridgehead atoms. The molecule has 0 aliphatic heterocycles. The number of amides is 1. The van der Waals surface area contributed by atoms with Crippen LogP contribution in [0.25, 0.3) is 0 Å². The van der Waals surface area contributed by atoms with Crippen LogP contribution in [0.5, 0.6) is 0 Å². The van der Waals surface area contributed by atoms with Gasteiger partial charge < -0.3 is 5.32 Å². The molecule has 28 heavy (non-hydrogen) atoms. The maximum atomic E-state index is 12.7. The SMILES string of the molecule is CCc1cccc(C)c1NC(=O)CS[C@H](c1ccccc1)c1ccc(Cl)cc1. The quantitative estimate of drug-likeness (QED) is 0.472. The molecule has 0 aliphatic carbocycles. The van der Waals surface area contributed by atoms with Crippen molar-refractivity contribution in [1.82, 2.24) is 0 Å². The van der Waals surface area contributed by atoms with Crippen molar-refractivity contribution in [3.63, 3.8) is 0 Å². The lowest BCUT2D eigenvalue weighted by Gasteiger charge is -2.18. The van der Waals surface area contributed by atoms with Crippen LogP contribution in [-0.4, -0.2) is 11.7 Å². The van der Waals surface area contributed by atoms with Gasteiger partial charge in [-0.05, 0) is 47.7 Å². The van der Waals surface area contributed by atoms with Crippen LogP contribution >= 0.6 is 23.4 Å². The normalized spacial score (nSPS) is 11.8. The standard InChI is InChI=1S/C24H24ClNOS/c1-3-18-11-7-8-17(2)23(18)26-22(27)16-28-24(19-9-5-4-6-10-19)20-12-14-21(25)15-13-20/h4-15,24H,3,16H2,1-2H3,(H,26,27)/t24-/m1/s1. The second-order valence-corrected chi connectivity index (χ2v) is 8.19. The first kappa shape index (κ1) is 20.5. The van der Waals surface area contributed by atoms with E-state index in [2.05, 4.69) is 30.4 Å². The molecule has 3 aromatic rings. The highest BCUT2D eigenvalue weighted by Crippen LogP contribution is 2.36. The van der Waals surface area contributed by atoms with Gasteiger partial charge in [0.1, 0.15) is 0 Å². The van der Waals surface area contributed by atoms with E-state index in [1.807, 2.05) is 61.5 Å². The van der Waals surface area contributed by atoms with Crippen LogP contribution < -0.4 is 5.32 Å². The van der Waals surface area contributed by atoms with E-state index in [-0.39, 0.29) is 11.2 Å². The van der Waals surface area contributed by atoms with Crippen molar-refractivity contribution in [2.24, 2.45) is 0 Å². The molecule has 0 aromatic heterocycles. The molecule has 0 spiro atoms. The Morgan fingerprint density at radius 2 is 1.64 bits per heavy atom. The van der Waals surface area contributed by atoms with Gasteiger partial charge >= 0.3 is 0 Å². The Labute approximate surface area is 176 Å². The molecule has 0 fully saturated rings. The Hall–Kier alpha value is -2.23. The van der Waals surface area contributed by atoms with Crippen LogP contribution in [-0.2, 0) is 11.2 Å². The molecule has 0 radical (unpaired) electrons. The van der Waals surface area contributed by atoms with Gasteiger partial charge in [0.25, 0.3) is 0 Å². The number of aryl methyl sites for hydroxylation is 2. The summed E-state index contributed by atoms with van der Waals surface area (Å²) in [4.78, 5) is 12.7. The van der Waals surface area contributed by atoms with E-state index in [1.165, 1.54) is 5.56 Å². The van der Waals surface area contributed by atoms with Crippen molar-refractivity contribution in [1.29, 1.82) is 0 Å². The third-order valence-electron chi connectivity index (χ3n) is 4.66. The number of hydrogen-bond donors (Lipinski definition) is 1. The molecule has 144 valence electrons. The van der Waals surface area contributed by atoms with Crippen LogP contribution in [0.1, 0.15) is 34.4 Å². The summed E-state index contributed by atoms with van der Waals surface area (Å²) in [6.45, 7) is 4.13. The molecule has 1 amide bonds. The zero-order valence-electron chi connectivity index (χ0n) is 16.1. The Balaban J connectivity index is 1.75. The smallest absolute Gasteiger partial charge is 0.234 e. The molecule has 4 heteroatoms. The van der Waals surface area contributed by atoms with E-state index < -0.39 is 0 Å². The summed E-state index contributed by atoms with van der Waals surface area (Å²) in [6.07, 6.45) is 0.891. The van der Waals surface area contributed by atoms with Crippen molar-refractivity contribution in [2.75, 3.05) is 11.1 Å². The first-order valence-electron chi connectivity index (χ1n) is 9.39. The van der Waals surface area contributed by atoms with E-state index in [4.69, 9.17) is 11.6 Å². The first-order valence-corrected chi connectivity index (χ1v) is 10.8. The fourth-order valence-electron chi connectivity index (χ4n) is 3.19. The fourth-order valence-corrected chi connectivity index (χ4v) is 4.40. The van der Waals surface area contributed by atoms with Crippen molar-refractivity contribution in [3.05, 3.63) is 100 Å². The van der Waals surface area contributed by atoms with Gasteiger partial charge in [-0.15, -0.1) is 11.8 Å². The van der Waals surface area contributed by atoms with E-state index in [1.54, 1.807) is 11.8 Å². The number of nitrogens with one attached hydrogen (secondary N) is 1. The minimum Gasteiger partial charge on any atom is -0.325 e. The summed E-state index contributed by atoms with van der Waals surface area (Å²) < 4.78 is 0. The number of para-hydroxylation sites is 1. The highest BCUT2D eigenvalue weighted by atomic mass is 35.5. The van der Waals surface area contributed by atoms with E-state index in [0.29, 0.717) is 10.8 Å². The van der Waals surface area contributed by atoms with Gasteiger partial charge in [0, 0.05) is 10.7 Å². The number of thioether (sulfide) groups is 1. The second kappa shape index (κ2) is 9.81. The zero-order valence-corrected chi connectivity index (χ0v) is 17.7. The number of carbonyl (C=O) groups excluding carboxylic acids is 1. The monoisotopic (exact) mass is 409 g/mol. The van der Waals surface area contributed by atoms with Crippen molar-refractivity contribution >= 4 is 35.0 Å². The number of halogens is 1. The minimum atomic E-state index is 0.0175. The molecule has 0 aliphatic rings. The second-order valence-electron chi connectivity index (χ2n) is 6.66. The summed E-state index contributed by atoms with van der Waals surface area (Å²) in [5.74, 6) is 0.392. The summed E-state index contributed by atoms with van der Waals surface area (Å²) >= 11 is 7.68. The van der Waals surface area contributed by atoms with Crippen LogP contribution in [0.3, 0.4) is 0 Å². The molecule has 1 N–H and O–H groups in total. The van der Waals surface area contributed by atoms with Crippen LogP contribution in [0.2, 0.25) is 5.02 Å². The van der Waals surface area contributed by atoms with Crippen molar-refractivity contribution < 1.29 is 4.79 Å². The predicted molar refractivity (Wildman–Crippen MR) is 121 cm³/mol. The van der Waals surface area contributed by atoms with Crippen LogP contribution in [0.4, 0.5) is 5.69 Å². The number of anilines is 1. The average Bonchev–Trinajstić information content (AvgIpc) is 2.72. The molecular formula is C24H24ClNOS. The van der Waals surface area contributed by atoms with E-state index in [9.17, 15) is 4.79 Å². The topological polar surface area (TPSA) is 29.1 Å². The Morgan fingerprint density at radius 1 is 0.964 bits per heavy atom. The summed E-state index contributed by atoms with van der Waals surface area (Å²) in [6, 6.07) is 24.2. The number of benzene rings is 3. The van der Waals surface area contributed by atoms with Gasteiger partial charge in [-0.25, -0.2) is 0 Å². The average molecular weight is 410 g/mol. The highest BCUT2D eigenvalue weighted by molar-refractivity contribution is 8.00. The third kappa shape index (κ3) is 5.18. The fraction of sp³-hybridized carbons (Fsp3) is 0.208. The molecule has 3 rings (SSSR count). The number of hydrogen-bond acceptors (Lipinski definition) is 2. The summed E-state index contributed by atoms with van der Waals surface area (Å²) in [7, 11) is 0. The van der Waals surface area contributed by atoms with Gasteiger partial charge in [-0.2, -0.15) is 0 Å². The van der Waals surface area contributed by atoms with Gasteiger partial charge in [0.05, 0.1) is 11.0 Å². The van der Waals surface area contributed by atoms with Crippen molar-refractivity contribution in [3.8, 4) is 0 Å². The molecule has 0 saturated heterocycles. The van der Waals surface area contributed by atoms with Gasteiger partial charge in [0.15, 0.2) is 0 Å². The van der Waals surface area contributed by atoms with Gasteiger partial charge in [-0.1, -0.05) is 79.2 Å². The largest absolute Gasteiger partial charge is 0.325 e. The minimum absolute atomic E-state index is 0.0175. The lowest BCUT2D eigenvalue weighted by atomic mass is 10.0. The summed E-state index contributed by atoms with van der Waals surface area (Å²) in [5.41, 5.74) is 5.51. The molecule has 0 unspecified atom stereocenters. The van der Waals surface area contributed by atoms with Gasteiger partial charge in [-0.3, -0.25) is 4.79 Å². The zero-order chi connectivity index (χ0) is 19.9. The van der Waals surface area contributed by atoms with Gasteiger partial charge in [0.2, 0.25) is 5.91 Å².